The van der Waals surface area contributed by atoms with E-state index < -0.39 is 0 Å². The second-order valence-electron chi connectivity index (χ2n) is 4.66. The fourth-order valence-electron chi connectivity index (χ4n) is 1.93. The number of ether oxygens (including phenoxy) is 1. The van der Waals surface area contributed by atoms with E-state index in [1.165, 1.54) is 11.3 Å². The Hall–Kier alpha value is -2.66. The van der Waals surface area contributed by atoms with Crippen molar-refractivity contribution in [2.24, 2.45) is 0 Å². The summed E-state index contributed by atoms with van der Waals surface area (Å²) < 4.78 is 5.80. The van der Waals surface area contributed by atoms with Crippen LogP contribution in [0.15, 0.2) is 60.0 Å². The number of nitrogens with one attached hydrogen (secondary N) is 1. The third-order valence-corrected chi connectivity index (χ3v) is 3.82. The van der Waals surface area contributed by atoms with Gasteiger partial charge in [0.1, 0.15) is 11.5 Å². The zero-order valence-corrected chi connectivity index (χ0v) is 12.8. The van der Waals surface area contributed by atoms with Gasteiger partial charge in [0.2, 0.25) is 0 Å². The van der Waals surface area contributed by atoms with Crippen LogP contribution in [0.5, 0.6) is 11.5 Å². The van der Waals surface area contributed by atoms with Crippen LogP contribution in [-0.2, 0) is 0 Å². The maximum Gasteiger partial charge on any atom is 0.261 e. The number of hydrogen-bond acceptors (Lipinski definition) is 4. The van der Waals surface area contributed by atoms with Gasteiger partial charge in [-0.2, -0.15) is 0 Å². The summed E-state index contributed by atoms with van der Waals surface area (Å²) in [6.45, 7) is 1.89. The number of hydrogen-bond donors (Lipinski definition) is 1. The Balaban J connectivity index is 1.83. The molecule has 3 aromatic rings. The van der Waals surface area contributed by atoms with Gasteiger partial charge >= 0.3 is 0 Å². The van der Waals surface area contributed by atoms with Crippen molar-refractivity contribution < 1.29 is 9.53 Å². The highest BCUT2D eigenvalue weighted by Crippen LogP contribution is 2.26. The zero-order chi connectivity index (χ0) is 15.4. The van der Waals surface area contributed by atoms with E-state index in [1.54, 1.807) is 18.2 Å². The Morgan fingerprint density at radius 2 is 1.82 bits per heavy atom. The number of carbonyl (C=O) groups is 1. The molecule has 0 bridgehead atoms. The Labute approximate surface area is 132 Å². The molecular weight excluding hydrogens is 296 g/mol. The van der Waals surface area contributed by atoms with Crippen LogP contribution in [-0.4, -0.2) is 10.9 Å². The molecule has 0 unspecified atom stereocenters. The standard InChI is InChI=1S/C17H14N2O2S/c1-12-11-22-17(18-12)19-16(20)14-9-5-6-10-15(14)21-13-7-3-2-4-8-13/h2-11H,1H3,(H,18,19,20). The number of rotatable bonds is 4. The molecule has 1 heterocycles. The number of benzene rings is 2. The molecule has 0 aliphatic heterocycles. The molecule has 1 amide bonds. The summed E-state index contributed by atoms with van der Waals surface area (Å²) in [5.74, 6) is 0.966. The van der Waals surface area contributed by atoms with Crippen LogP contribution >= 0.6 is 11.3 Å². The summed E-state index contributed by atoms with van der Waals surface area (Å²) in [4.78, 5) is 16.6. The van der Waals surface area contributed by atoms with Gasteiger partial charge in [-0.05, 0) is 31.2 Å². The van der Waals surface area contributed by atoms with E-state index in [0.29, 0.717) is 22.2 Å². The van der Waals surface area contributed by atoms with E-state index in [2.05, 4.69) is 10.3 Å². The average Bonchev–Trinajstić information content (AvgIpc) is 2.94. The van der Waals surface area contributed by atoms with Crippen LogP contribution in [0.1, 0.15) is 16.1 Å². The second kappa shape index (κ2) is 6.41. The highest BCUT2D eigenvalue weighted by atomic mass is 32.1. The van der Waals surface area contributed by atoms with Gasteiger partial charge in [0.15, 0.2) is 5.13 Å². The van der Waals surface area contributed by atoms with Crippen LogP contribution in [0.25, 0.3) is 0 Å². The predicted molar refractivity (Wildman–Crippen MR) is 87.8 cm³/mol. The molecule has 110 valence electrons. The molecule has 5 heteroatoms. The molecular formula is C17H14N2O2S. The lowest BCUT2D eigenvalue weighted by molar-refractivity contribution is 0.102. The molecule has 0 saturated carbocycles. The third kappa shape index (κ3) is 3.32. The van der Waals surface area contributed by atoms with E-state index >= 15 is 0 Å². The van der Waals surface area contributed by atoms with Gasteiger partial charge in [0.05, 0.1) is 11.3 Å². The van der Waals surface area contributed by atoms with Crippen molar-refractivity contribution in [1.82, 2.24) is 4.98 Å². The van der Waals surface area contributed by atoms with Crippen LogP contribution < -0.4 is 10.1 Å². The van der Waals surface area contributed by atoms with Crippen molar-refractivity contribution in [2.45, 2.75) is 6.92 Å². The number of para-hydroxylation sites is 2. The molecule has 22 heavy (non-hydrogen) atoms. The largest absolute Gasteiger partial charge is 0.457 e. The van der Waals surface area contributed by atoms with Crippen LogP contribution in [0, 0.1) is 6.92 Å². The molecule has 4 nitrogen and oxygen atoms in total. The number of anilines is 1. The number of amides is 1. The number of nitrogens with zero attached hydrogens (tertiary/aromatic N) is 1. The van der Waals surface area contributed by atoms with Gasteiger partial charge < -0.3 is 4.74 Å². The minimum atomic E-state index is -0.235. The van der Waals surface area contributed by atoms with Crippen LogP contribution in [0.3, 0.4) is 0 Å². The predicted octanol–water partition coefficient (Wildman–Crippen LogP) is 4.50. The van der Waals surface area contributed by atoms with Crippen molar-refractivity contribution >= 4 is 22.4 Å². The minimum Gasteiger partial charge on any atom is -0.457 e. The lowest BCUT2D eigenvalue weighted by atomic mass is 10.2. The number of aryl methyl sites for hydroxylation is 1. The van der Waals surface area contributed by atoms with Crippen LogP contribution in [0.4, 0.5) is 5.13 Å². The van der Waals surface area contributed by atoms with Gasteiger partial charge in [-0.25, -0.2) is 4.98 Å². The van der Waals surface area contributed by atoms with Crippen molar-refractivity contribution in [1.29, 1.82) is 0 Å². The molecule has 0 radical (unpaired) electrons. The van der Waals surface area contributed by atoms with Crippen molar-refractivity contribution in [3.63, 3.8) is 0 Å². The second-order valence-corrected chi connectivity index (χ2v) is 5.52. The Morgan fingerprint density at radius 3 is 2.55 bits per heavy atom. The fraction of sp³-hybridized carbons (Fsp3) is 0.0588. The summed E-state index contributed by atoms with van der Waals surface area (Å²) in [6, 6.07) is 16.5. The van der Waals surface area contributed by atoms with Gasteiger partial charge in [-0.15, -0.1) is 11.3 Å². The molecule has 1 aromatic heterocycles. The lowest BCUT2D eigenvalue weighted by Crippen LogP contribution is -2.12. The summed E-state index contributed by atoms with van der Waals surface area (Å²) in [6.07, 6.45) is 0. The summed E-state index contributed by atoms with van der Waals surface area (Å²) in [5.41, 5.74) is 1.35. The van der Waals surface area contributed by atoms with Gasteiger partial charge in [0.25, 0.3) is 5.91 Å². The molecule has 3 rings (SSSR count). The van der Waals surface area contributed by atoms with Gasteiger partial charge in [0, 0.05) is 5.38 Å². The van der Waals surface area contributed by atoms with Crippen LogP contribution in [0.2, 0.25) is 0 Å². The molecule has 2 aromatic carbocycles. The first-order valence-corrected chi connectivity index (χ1v) is 7.66. The molecule has 0 aliphatic carbocycles. The number of carbonyl (C=O) groups excluding carboxylic acids is 1. The first kappa shape index (κ1) is 14.3. The van der Waals surface area contributed by atoms with E-state index in [9.17, 15) is 4.79 Å². The highest BCUT2D eigenvalue weighted by Gasteiger charge is 2.14. The maximum absolute atomic E-state index is 12.4. The summed E-state index contributed by atoms with van der Waals surface area (Å²) >= 11 is 1.40. The lowest BCUT2D eigenvalue weighted by Gasteiger charge is -2.10. The van der Waals surface area contributed by atoms with E-state index in [4.69, 9.17) is 4.74 Å². The molecule has 0 atom stereocenters. The first-order valence-electron chi connectivity index (χ1n) is 6.78. The molecule has 0 saturated heterocycles. The Morgan fingerprint density at radius 1 is 1.09 bits per heavy atom. The monoisotopic (exact) mass is 310 g/mol. The molecule has 0 aliphatic rings. The molecule has 1 N–H and O–H groups in total. The van der Waals surface area contributed by atoms with Crippen molar-refractivity contribution in [2.75, 3.05) is 5.32 Å². The number of aromatic nitrogens is 1. The molecule has 0 spiro atoms. The highest BCUT2D eigenvalue weighted by molar-refractivity contribution is 7.13. The third-order valence-electron chi connectivity index (χ3n) is 2.94. The Bertz CT molecular complexity index is 784. The van der Waals surface area contributed by atoms with E-state index in [-0.39, 0.29) is 5.91 Å². The molecule has 0 fully saturated rings. The minimum absolute atomic E-state index is 0.235. The first-order chi connectivity index (χ1) is 10.7. The summed E-state index contributed by atoms with van der Waals surface area (Å²) in [5, 5.41) is 5.27. The van der Waals surface area contributed by atoms with Crippen molar-refractivity contribution in [3.05, 3.63) is 71.2 Å². The van der Waals surface area contributed by atoms with Gasteiger partial charge in [-0.3, -0.25) is 10.1 Å². The maximum atomic E-state index is 12.4. The Kier molecular flexibility index (Phi) is 4.16. The zero-order valence-electron chi connectivity index (χ0n) is 11.9. The fourth-order valence-corrected chi connectivity index (χ4v) is 2.62. The van der Waals surface area contributed by atoms with Crippen molar-refractivity contribution in [3.8, 4) is 11.5 Å². The average molecular weight is 310 g/mol. The topological polar surface area (TPSA) is 51.2 Å². The van der Waals surface area contributed by atoms with E-state index in [0.717, 1.165) is 5.69 Å². The normalized spacial score (nSPS) is 10.2. The van der Waals surface area contributed by atoms with Gasteiger partial charge in [-0.1, -0.05) is 30.3 Å². The van der Waals surface area contributed by atoms with E-state index in [1.807, 2.05) is 48.7 Å². The SMILES string of the molecule is Cc1csc(NC(=O)c2ccccc2Oc2ccccc2)n1. The summed E-state index contributed by atoms with van der Waals surface area (Å²) in [7, 11) is 0. The number of thiazole rings is 1. The smallest absolute Gasteiger partial charge is 0.261 e. The quantitative estimate of drug-likeness (QED) is 0.772.